The fourth-order valence-corrected chi connectivity index (χ4v) is 1.90. The molecule has 1 rings (SSSR count). The van der Waals surface area contributed by atoms with Gasteiger partial charge in [-0.15, -0.1) is 0 Å². The molecule has 0 fully saturated rings. The van der Waals surface area contributed by atoms with E-state index in [1.54, 1.807) is 13.2 Å². The Kier molecular flexibility index (Phi) is 10.8. The van der Waals surface area contributed by atoms with Gasteiger partial charge in [0.1, 0.15) is 0 Å². The van der Waals surface area contributed by atoms with Crippen LogP contribution in [0.2, 0.25) is 0 Å². The molecule has 0 saturated heterocycles. The number of aliphatic imine (C=N–C) groups is 1. The van der Waals surface area contributed by atoms with Crippen LogP contribution in [-0.2, 0) is 16.0 Å². The fraction of sp³-hybridized carbons (Fsp3) is 0.647. The highest BCUT2D eigenvalue weighted by atomic mass is 16.5. The van der Waals surface area contributed by atoms with Crippen molar-refractivity contribution >= 4 is 5.96 Å². The highest BCUT2D eigenvalue weighted by Gasteiger charge is 2.01. The van der Waals surface area contributed by atoms with Gasteiger partial charge in [0.2, 0.25) is 0 Å². The molecule has 6 nitrogen and oxygen atoms in total. The average Bonchev–Trinajstić information content (AvgIpc) is 2.57. The normalized spacial score (nSPS) is 11.5. The van der Waals surface area contributed by atoms with Crippen LogP contribution in [0.5, 0.6) is 0 Å². The molecular formula is C17H30N4O2. The van der Waals surface area contributed by atoms with Gasteiger partial charge in [-0.25, -0.2) is 0 Å². The predicted octanol–water partition coefficient (Wildman–Crippen LogP) is 1.89. The number of hydrogen-bond donors (Lipinski definition) is 2. The van der Waals surface area contributed by atoms with Crippen LogP contribution < -0.4 is 10.6 Å². The van der Waals surface area contributed by atoms with E-state index in [4.69, 9.17) is 9.47 Å². The second-order valence-corrected chi connectivity index (χ2v) is 5.20. The fourth-order valence-electron chi connectivity index (χ4n) is 1.90. The lowest BCUT2D eigenvalue weighted by molar-refractivity contribution is 0.0487. The van der Waals surface area contributed by atoms with E-state index in [0.717, 1.165) is 31.1 Å². The highest BCUT2D eigenvalue weighted by molar-refractivity contribution is 5.79. The second-order valence-electron chi connectivity index (χ2n) is 5.20. The van der Waals surface area contributed by atoms with Crippen LogP contribution in [-0.4, -0.2) is 51.0 Å². The van der Waals surface area contributed by atoms with E-state index in [9.17, 15) is 0 Å². The molecule has 0 aliphatic rings. The van der Waals surface area contributed by atoms with E-state index >= 15 is 0 Å². The van der Waals surface area contributed by atoms with Gasteiger partial charge in [-0.3, -0.25) is 9.98 Å². The molecule has 1 aromatic heterocycles. The molecule has 0 bridgehead atoms. The largest absolute Gasteiger partial charge is 0.379 e. The Bertz CT molecular complexity index is 452. The zero-order chi connectivity index (χ0) is 16.8. The SMILES string of the molecule is CCCCOCCOCCNC(=NC)NCc1ncccc1C. The monoisotopic (exact) mass is 322 g/mol. The molecule has 23 heavy (non-hydrogen) atoms. The molecule has 0 aliphatic carbocycles. The molecule has 6 heteroatoms. The Morgan fingerprint density at radius 1 is 1.17 bits per heavy atom. The summed E-state index contributed by atoms with van der Waals surface area (Å²) in [6.07, 6.45) is 4.07. The minimum Gasteiger partial charge on any atom is -0.379 e. The molecular weight excluding hydrogens is 292 g/mol. The lowest BCUT2D eigenvalue weighted by atomic mass is 10.2. The number of hydrogen-bond acceptors (Lipinski definition) is 4. The Balaban J connectivity index is 2.07. The molecule has 0 saturated carbocycles. The van der Waals surface area contributed by atoms with Gasteiger partial charge in [-0.1, -0.05) is 19.4 Å². The quantitative estimate of drug-likeness (QED) is 0.370. The van der Waals surface area contributed by atoms with Crippen molar-refractivity contribution < 1.29 is 9.47 Å². The molecule has 0 spiro atoms. The average molecular weight is 322 g/mol. The van der Waals surface area contributed by atoms with E-state index < -0.39 is 0 Å². The van der Waals surface area contributed by atoms with Crippen molar-refractivity contribution in [2.45, 2.75) is 33.2 Å². The van der Waals surface area contributed by atoms with Gasteiger partial charge in [-0.2, -0.15) is 0 Å². The summed E-state index contributed by atoms with van der Waals surface area (Å²) in [6, 6.07) is 3.99. The van der Waals surface area contributed by atoms with E-state index in [1.165, 1.54) is 5.56 Å². The van der Waals surface area contributed by atoms with Crippen molar-refractivity contribution in [3.63, 3.8) is 0 Å². The van der Waals surface area contributed by atoms with Crippen LogP contribution in [0.3, 0.4) is 0 Å². The first kappa shape index (κ1) is 19.4. The summed E-state index contributed by atoms with van der Waals surface area (Å²) in [7, 11) is 1.75. The van der Waals surface area contributed by atoms with Crippen molar-refractivity contribution in [1.29, 1.82) is 0 Å². The molecule has 2 N–H and O–H groups in total. The van der Waals surface area contributed by atoms with Crippen molar-refractivity contribution in [1.82, 2.24) is 15.6 Å². The summed E-state index contributed by atoms with van der Waals surface area (Å²) in [6.45, 7) is 8.30. The third-order valence-electron chi connectivity index (χ3n) is 3.32. The number of ether oxygens (including phenoxy) is 2. The standard InChI is InChI=1S/C17H30N4O2/c1-4-5-10-22-12-13-23-11-9-20-17(18-3)21-14-16-15(2)7-6-8-19-16/h6-8H,4-5,9-14H2,1-3H3,(H2,18,20,21). The van der Waals surface area contributed by atoms with Gasteiger partial charge in [-0.05, 0) is 25.0 Å². The first-order valence-electron chi connectivity index (χ1n) is 8.28. The molecule has 0 aromatic carbocycles. The lowest BCUT2D eigenvalue weighted by Crippen LogP contribution is -2.38. The molecule has 0 unspecified atom stereocenters. The van der Waals surface area contributed by atoms with Gasteiger partial charge in [0.15, 0.2) is 5.96 Å². The molecule has 1 aromatic rings. The van der Waals surface area contributed by atoms with Crippen LogP contribution in [0.4, 0.5) is 0 Å². The topological polar surface area (TPSA) is 67.8 Å². The third kappa shape index (κ3) is 9.15. The Labute approximate surface area is 139 Å². The van der Waals surface area contributed by atoms with Crippen molar-refractivity contribution in [2.75, 3.05) is 40.0 Å². The molecule has 0 atom stereocenters. The number of rotatable bonds is 11. The first-order chi connectivity index (χ1) is 11.3. The van der Waals surface area contributed by atoms with Gasteiger partial charge >= 0.3 is 0 Å². The third-order valence-corrected chi connectivity index (χ3v) is 3.32. The van der Waals surface area contributed by atoms with Crippen molar-refractivity contribution in [3.8, 4) is 0 Å². The summed E-state index contributed by atoms with van der Waals surface area (Å²) in [5.41, 5.74) is 2.19. The Morgan fingerprint density at radius 3 is 2.65 bits per heavy atom. The van der Waals surface area contributed by atoms with Crippen LogP contribution in [0.1, 0.15) is 31.0 Å². The number of aromatic nitrogens is 1. The second kappa shape index (κ2) is 12.8. The molecule has 130 valence electrons. The zero-order valence-corrected chi connectivity index (χ0v) is 14.6. The number of aryl methyl sites for hydroxylation is 1. The zero-order valence-electron chi connectivity index (χ0n) is 14.6. The summed E-state index contributed by atoms with van der Waals surface area (Å²) in [5.74, 6) is 0.748. The van der Waals surface area contributed by atoms with Crippen LogP contribution in [0.25, 0.3) is 0 Å². The maximum Gasteiger partial charge on any atom is 0.191 e. The molecule has 0 aliphatic heterocycles. The van der Waals surface area contributed by atoms with E-state index in [2.05, 4.69) is 40.5 Å². The van der Waals surface area contributed by atoms with E-state index in [1.807, 2.05) is 6.07 Å². The number of pyridine rings is 1. The van der Waals surface area contributed by atoms with Crippen LogP contribution in [0.15, 0.2) is 23.3 Å². The Morgan fingerprint density at radius 2 is 1.96 bits per heavy atom. The van der Waals surface area contributed by atoms with Crippen molar-refractivity contribution in [3.05, 3.63) is 29.6 Å². The maximum absolute atomic E-state index is 5.51. The van der Waals surface area contributed by atoms with Gasteiger partial charge in [0, 0.05) is 26.4 Å². The summed E-state index contributed by atoms with van der Waals surface area (Å²) < 4.78 is 10.9. The van der Waals surface area contributed by atoms with Crippen LogP contribution in [0, 0.1) is 6.92 Å². The maximum atomic E-state index is 5.51. The van der Waals surface area contributed by atoms with E-state index in [-0.39, 0.29) is 0 Å². The Hall–Kier alpha value is -1.66. The number of nitrogens with zero attached hydrogens (tertiary/aromatic N) is 2. The summed E-state index contributed by atoms with van der Waals surface area (Å²) >= 11 is 0. The summed E-state index contributed by atoms with van der Waals surface area (Å²) in [4.78, 5) is 8.54. The molecule has 0 amide bonds. The van der Waals surface area contributed by atoms with Gasteiger partial charge < -0.3 is 20.1 Å². The minimum atomic E-state index is 0.625. The first-order valence-corrected chi connectivity index (χ1v) is 8.28. The van der Waals surface area contributed by atoms with Crippen molar-refractivity contribution in [2.24, 2.45) is 4.99 Å². The number of nitrogens with one attached hydrogen (secondary N) is 2. The molecule has 1 heterocycles. The summed E-state index contributed by atoms with van der Waals surface area (Å²) in [5, 5.41) is 6.46. The van der Waals surface area contributed by atoms with Gasteiger partial charge in [0.25, 0.3) is 0 Å². The smallest absolute Gasteiger partial charge is 0.191 e. The van der Waals surface area contributed by atoms with E-state index in [0.29, 0.717) is 32.9 Å². The van der Waals surface area contributed by atoms with Crippen LogP contribution >= 0.6 is 0 Å². The molecule has 0 radical (unpaired) electrons. The number of unbranched alkanes of at least 4 members (excludes halogenated alkanes) is 1. The van der Waals surface area contributed by atoms with Gasteiger partial charge in [0.05, 0.1) is 32.1 Å². The minimum absolute atomic E-state index is 0.625. The lowest BCUT2D eigenvalue weighted by Gasteiger charge is -2.12. The highest BCUT2D eigenvalue weighted by Crippen LogP contribution is 2.01. The predicted molar refractivity (Wildman–Crippen MR) is 93.7 cm³/mol. The number of guanidine groups is 1.